The molecule has 39 heavy (non-hydrogen) atoms. The van der Waals surface area contributed by atoms with Gasteiger partial charge in [0.1, 0.15) is 5.69 Å². The van der Waals surface area contributed by atoms with Gasteiger partial charge in [0, 0.05) is 18.4 Å². The Morgan fingerprint density at radius 2 is 1.97 bits per heavy atom. The fourth-order valence-corrected chi connectivity index (χ4v) is 5.56. The van der Waals surface area contributed by atoms with Crippen LogP contribution in [0.5, 0.6) is 5.88 Å². The second-order valence-corrected chi connectivity index (χ2v) is 11.6. The Labute approximate surface area is 229 Å². The molecule has 2 N–H and O–H groups in total. The number of aromatic nitrogens is 3. The lowest BCUT2D eigenvalue weighted by Gasteiger charge is -2.28. The summed E-state index contributed by atoms with van der Waals surface area (Å²) in [6, 6.07) is 5.62. The van der Waals surface area contributed by atoms with E-state index in [1.165, 1.54) is 24.8 Å². The van der Waals surface area contributed by atoms with Gasteiger partial charge in [0.05, 0.1) is 29.9 Å². The molecule has 0 saturated carbocycles. The second-order valence-electron chi connectivity index (χ2n) is 8.96. The molecular weight excluding hydrogens is 550 g/mol. The number of carbonyl (C=O) groups excluding carboxylic acids is 1. The number of nitrogens with one attached hydrogen (secondary N) is 2. The van der Waals surface area contributed by atoms with Crippen LogP contribution in [0.4, 0.5) is 14.5 Å². The summed E-state index contributed by atoms with van der Waals surface area (Å²) in [7, 11) is -4.83. The molecule has 0 radical (unpaired) electrons. The predicted octanol–water partition coefficient (Wildman–Crippen LogP) is 4.31. The molecule has 14 heteroatoms. The summed E-state index contributed by atoms with van der Waals surface area (Å²) < 4.78 is 56.5. The zero-order valence-corrected chi connectivity index (χ0v) is 23.0. The molecule has 210 valence electrons. The predicted molar refractivity (Wildman–Crippen MR) is 144 cm³/mol. The van der Waals surface area contributed by atoms with Crippen LogP contribution in [-0.2, 0) is 10.0 Å². The van der Waals surface area contributed by atoms with Crippen molar-refractivity contribution >= 4 is 33.0 Å². The van der Waals surface area contributed by atoms with Crippen LogP contribution in [0.15, 0.2) is 42.9 Å². The average Bonchev–Trinajstić information content (AvgIpc) is 3.42. The minimum atomic E-state index is -4.83. The van der Waals surface area contributed by atoms with E-state index in [1.54, 1.807) is 24.5 Å². The summed E-state index contributed by atoms with van der Waals surface area (Å²) in [6.45, 7) is 4.92. The van der Waals surface area contributed by atoms with Gasteiger partial charge in [-0.1, -0.05) is 18.6 Å². The van der Waals surface area contributed by atoms with Gasteiger partial charge in [-0.05, 0) is 57.0 Å². The monoisotopic (exact) mass is 580 g/mol. The fourth-order valence-electron chi connectivity index (χ4n) is 4.25. The van der Waals surface area contributed by atoms with E-state index >= 15 is 0 Å². The molecule has 0 bridgehead atoms. The van der Waals surface area contributed by atoms with Crippen LogP contribution in [0.25, 0.3) is 10.6 Å². The van der Waals surface area contributed by atoms with Gasteiger partial charge < -0.3 is 15.0 Å². The van der Waals surface area contributed by atoms with Gasteiger partial charge in [0.25, 0.3) is 15.9 Å². The molecule has 4 rings (SSSR count). The molecule has 1 aliphatic rings. The van der Waals surface area contributed by atoms with Gasteiger partial charge in [0.2, 0.25) is 5.88 Å². The maximum atomic E-state index is 13.2. The third-order valence-corrected chi connectivity index (χ3v) is 8.14. The van der Waals surface area contributed by atoms with Gasteiger partial charge in [0.15, 0.2) is 5.01 Å². The van der Waals surface area contributed by atoms with Gasteiger partial charge in [-0.3, -0.25) is 14.5 Å². The lowest BCUT2D eigenvalue weighted by molar-refractivity contribution is 0.0929. The fraction of sp³-hybridized carbons (Fsp3) is 0.440. The summed E-state index contributed by atoms with van der Waals surface area (Å²) in [5.41, 5.74) is 1.11. The number of piperidine rings is 1. The van der Waals surface area contributed by atoms with E-state index in [0.717, 1.165) is 37.3 Å². The van der Waals surface area contributed by atoms with Crippen LogP contribution in [-0.4, -0.2) is 66.2 Å². The number of hydrogen-bond donors (Lipinski definition) is 2. The minimum absolute atomic E-state index is 0.00527. The maximum absolute atomic E-state index is 13.2. The number of anilines is 1. The van der Waals surface area contributed by atoms with Crippen molar-refractivity contribution in [3.63, 3.8) is 0 Å². The SMILES string of the molecule is CCOc1cncc(-c2cnc(C(=O)N[C@@H](CCN3CCCCC3)c3cccc(NS(=O)(=O)C(F)F)c3)s2)n1. The number of halogens is 2. The molecule has 1 atom stereocenters. The van der Waals surface area contributed by atoms with Gasteiger partial charge >= 0.3 is 5.76 Å². The number of nitrogens with zero attached hydrogens (tertiary/aromatic N) is 4. The van der Waals surface area contributed by atoms with Crippen molar-refractivity contribution in [2.75, 3.05) is 31.0 Å². The van der Waals surface area contributed by atoms with E-state index in [9.17, 15) is 22.0 Å². The van der Waals surface area contributed by atoms with E-state index in [-0.39, 0.29) is 10.7 Å². The molecule has 1 aliphatic heterocycles. The van der Waals surface area contributed by atoms with Crippen LogP contribution in [0.2, 0.25) is 0 Å². The summed E-state index contributed by atoms with van der Waals surface area (Å²) in [5.74, 6) is -3.61. The van der Waals surface area contributed by atoms with Gasteiger partial charge in [-0.25, -0.2) is 18.4 Å². The highest BCUT2D eigenvalue weighted by molar-refractivity contribution is 7.93. The normalized spacial score (nSPS) is 15.2. The highest BCUT2D eigenvalue weighted by atomic mass is 32.2. The molecule has 1 fully saturated rings. The summed E-state index contributed by atoms with van der Waals surface area (Å²) in [4.78, 5) is 29.0. The van der Waals surface area contributed by atoms with Crippen molar-refractivity contribution in [2.45, 2.75) is 44.4 Å². The summed E-state index contributed by atoms with van der Waals surface area (Å²) in [5, 5.41) is 3.21. The zero-order chi connectivity index (χ0) is 27.8. The van der Waals surface area contributed by atoms with Crippen molar-refractivity contribution in [3.05, 3.63) is 53.4 Å². The standard InChI is InChI=1S/C25H30F2N6O4S2/c1-2-37-22-16-28-14-20(30-22)21-15-29-24(38-21)23(34)31-19(9-12-33-10-4-3-5-11-33)17-7-6-8-18(13-17)32-39(35,36)25(26)27/h6-8,13-16,19,25,32H,2-5,9-12H2,1H3,(H,31,34)/t19-/m0/s1. The van der Waals surface area contributed by atoms with E-state index in [4.69, 9.17) is 4.74 Å². The Morgan fingerprint density at radius 3 is 2.72 bits per heavy atom. The Hall–Kier alpha value is -3.23. The number of carbonyl (C=O) groups is 1. The summed E-state index contributed by atoms with van der Waals surface area (Å²) in [6.07, 6.45) is 8.55. The average molecular weight is 581 g/mol. The Bertz CT molecular complexity index is 1370. The highest BCUT2D eigenvalue weighted by Gasteiger charge is 2.25. The van der Waals surface area contributed by atoms with Crippen molar-refractivity contribution in [2.24, 2.45) is 0 Å². The molecule has 1 aromatic carbocycles. The molecule has 0 spiro atoms. The first-order valence-corrected chi connectivity index (χ1v) is 15.0. The van der Waals surface area contributed by atoms with Crippen LogP contribution in [0.3, 0.4) is 0 Å². The van der Waals surface area contributed by atoms with E-state index < -0.39 is 27.7 Å². The van der Waals surface area contributed by atoms with Crippen molar-refractivity contribution in [1.29, 1.82) is 0 Å². The second kappa shape index (κ2) is 13.2. The highest BCUT2D eigenvalue weighted by Crippen LogP contribution is 2.27. The van der Waals surface area contributed by atoms with Crippen LogP contribution in [0, 0.1) is 0 Å². The number of alkyl halides is 2. The lowest BCUT2D eigenvalue weighted by Crippen LogP contribution is -2.35. The molecule has 2 aromatic heterocycles. The molecule has 10 nitrogen and oxygen atoms in total. The molecule has 0 unspecified atom stereocenters. The van der Waals surface area contributed by atoms with Crippen molar-refractivity contribution < 1.29 is 26.7 Å². The smallest absolute Gasteiger partial charge is 0.355 e. The van der Waals surface area contributed by atoms with Crippen LogP contribution < -0.4 is 14.8 Å². The largest absolute Gasteiger partial charge is 0.477 e. The minimum Gasteiger partial charge on any atom is -0.477 e. The molecule has 1 amide bonds. The Morgan fingerprint density at radius 1 is 1.18 bits per heavy atom. The van der Waals surface area contributed by atoms with Crippen LogP contribution in [0.1, 0.15) is 54.0 Å². The van der Waals surface area contributed by atoms with Crippen molar-refractivity contribution in [1.82, 2.24) is 25.2 Å². The molecule has 0 aliphatic carbocycles. The number of ether oxygens (including phenoxy) is 1. The van der Waals surface area contributed by atoms with Gasteiger partial charge in [-0.15, -0.1) is 11.3 Å². The van der Waals surface area contributed by atoms with Crippen molar-refractivity contribution in [3.8, 4) is 16.5 Å². The first-order valence-electron chi connectivity index (χ1n) is 12.6. The molecular formula is C25H30F2N6O4S2. The zero-order valence-electron chi connectivity index (χ0n) is 21.3. The van der Waals surface area contributed by atoms with E-state index in [1.807, 2.05) is 11.6 Å². The van der Waals surface area contributed by atoms with E-state index in [0.29, 0.717) is 41.6 Å². The Kier molecular flexibility index (Phi) is 9.75. The molecule has 1 saturated heterocycles. The number of benzene rings is 1. The number of sulfonamides is 1. The number of likely N-dealkylation sites (tertiary alicyclic amines) is 1. The van der Waals surface area contributed by atoms with E-state index in [2.05, 4.69) is 25.2 Å². The van der Waals surface area contributed by atoms with Crippen LogP contribution >= 0.6 is 11.3 Å². The number of amides is 1. The quantitative estimate of drug-likeness (QED) is 0.325. The third kappa shape index (κ3) is 7.90. The van der Waals surface area contributed by atoms with Gasteiger partial charge in [-0.2, -0.15) is 8.78 Å². The maximum Gasteiger partial charge on any atom is 0.355 e. The first kappa shape index (κ1) is 28.8. The molecule has 3 aromatic rings. The number of thiazole rings is 1. The molecule has 3 heterocycles. The number of hydrogen-bond acceptors (Lipinski definition) is 9. The summed E-state index contributed by atoms with van der Waals surface area (Å²) >= 11 is 1.15. The topological polar surface area (TPSA) is 126 Å². The Balaban J connectivity index is 1.53. The lowest BCUT2D eigenvalue weighted by atomic mass is 10.0. The number of rotatable bonds is 12. The first-order chi connectivity index (χ1) is 18.7. The third-order valence-electron chi connectivity index (χ3n) is 6.13.